The quantitative estimate of drug-likeness (QED) is 0.818. The number of anilines is 1. The number of fused-ring (bicyclic) bond motifs is 1. The van der Waals surface area contributed by atoms with E-state index < -0.39 is 12.5 Å². The third kappa shape index (κ3) is 4.44. The Hall–Kier alpha value is -2.02. The number of hydrogen-bond donors (Lipinski definition) is 1. The summed E-state index contributed by atoms with van der Waals surface area (Å²) in [4.78, 5) is 6.84. The molecule has 0 aromatic carbocycles. The average Bonchev–Trinajstić information content (AvgIpc) is 3.13. The third-order valence-electron chi connectivity index (χ3n) is 6.16. The molecule has 4 rings (SSSR count). The van der Waals surface area contributed by atoms with E-state index in [9.17, 15) is 8.78 Å². The molecular formula is C22H31F2N5. The summed E-state index contributed by atoms with van der Waals surface area (Å²) < 4.78 is 29.3. The van der Waals surface area contributed by atoms with Crippen molar-refractivity contribution in [3.63, 3.8) is 0 Å². The average molecular weight is 404 g/mol. The lowest BCUT2D eigenvalue weighted by atomic mass is 9.86. The van der Waals surface area contributed by atoms with Crippen molar-refractivity contribution in [3.05, 3.63) is 41.9 Å². The van der Waals surface area contributed by atoms with Crippen molar-refractivity contribution in [2.24, 2.45) is 5.92 Å². The van der Waals surface area contributed by atoms with Gasteiger partial charge < -0.3 is 5.32 Å². The molecule has 2 aliphatic heterocycles. The Bertz CT molecular complexity index is 814. The van der Waals surface area contributed by atoms with Gasteiger partial charge in [-0.3, -0.25) is 9.88 Å². The van der Waals surface area contributed by atoms with E-state index in [1.807, 2.05) is 30.5 Å². The summed E-state index contributed by atoms with van der Waals surface area (Å²) in [5.74, 6) is 1.08. The number of halogens is 2. The number of alkyl halides is 2. The second-order valence-electron chi connectivity index (χ2n) is 9.46. The molecule has 29 heavy (non-hydrogen) atoms. The Morgan fingerprint density at radius 1 is 1.28 bits per heavy atom. The minimum Gasteiger partial charge on any atom is -0.367 e. The highest BCUT2D eigenvalue weighted by Gasteiger charge is 2.39. The zero-order valence-corrected chi connectivity index (χ0v) is 17.5. The van der Waals surface area contributed by atoms with Crippen LogP contribution in [0.2, 0.25) is 0 Å². The fourth-order valence-electron chi connectivity index (χ4n) is 4.53. The van der Waals surface area contributed by atoms with E-state index in [2.05, 4.69) is 41.1 Å². The fraction of sp³-hybridized carbons (Fsp3) is 0.636. The highest BCUT2D eigenvalue weighted by atomic mass is 19.3. The van der Waals surface area contributed by atoms with Crippen LogP contribution >= 0.6 is 0 Å². The van der Waals surface area contributed by atoms with Crippen molar-refractivity contribution < 1.29 is 8.78 Å². The molecule has 0 spiro atoms. The summed E-state index contributed by atoms with van der Waals surface area (Å²) >= 11 is 0. The molecule has 2 aromatic rings. The molecule has 4 heterocycles. The second-order valence-corrected chi connectivity index (χ2v) is 9.46. The van der Waals surface area contributed by atoms with Crippen LogP contribution < -0.4 is 5.32 Å². The van der Waals surface area contributed by atoms with Gasteiger partial charge in [0.1, 0.15) is 11.9 Å². The molecule has 7 heteroatoms. The number of rotatable bonds is 4. The van der Waals surface area contributed by atoms with Crippen LogP contribution in [0.5, 0.6) is 0 Å². The Morgan fingerprint density at radius 3 is 2.79 bits per heavy atom. The van der Waals surface area contributed by atoms with E-state index in [4.69, 9.17) is 0 Å². The molecule has 2 aliphatic rings. The van der Waals surface area contributed by atoms with Gasteiger partial charge in [0.15, 0.2) is 0 Å². The van der Waals surface area contributed by atoms with Crippen LogP contribution in [0.3, 0.4) is 0 Å². The first-order valence-corrected chi connectivity index (χ1v) is 10.6. The van der Waals surface area contributed by atoms with E-state index >= 15 is 0 Å². The van der Waals surface area contributed by atoms with Gasteiger partial charge in [0.25, 0.3) is 6.43 Å². The zero-order chi connectivity index (χ0) is 20.6. The second kappa shape index (κ2) is 8.01. The molecule has 3 atom stereocenters. The van der Waals surface area contributed by atoms with Crippen LogP contribution in [-0.4, -0.2) is 45.2 Å². The summed E-state index contributed by atoms with van der Waals surface area (Å²) in [6, 6.07) is 7.11. The van der Waals surface area contributed by atoms with Crippen molar-refractivity contribution in [1.29, 1.82) is 0 Å². The lowest BCUT2D eigenvalue weighted by molar-refractivity contribution is 0.0549. The molecule has 1 fully saturated rings. The van der Waals surface area contributed by atoms with Crippen LogP contribution in [0.15, 0.2) is 30.5 Å². The first-order valence-electron chi connectivity index (χ1n) is 10.6. The lowest BCUT2D eigenvalue weighted by Gasteiger charge is -2.41. The van der Waals surface area contributed by atoms with Crippen molar-refractivity contribution in [2.75, 3.05) is 18.4 Å². The Labute approximate surface area is 171 Å². The summed E-state index contributed by atoms with van der Waals surface area (Å²) in [5, 5.41) is 8.08. The highest BCUT2D eigenvalue weighted by molar-refractivity contribution is 5.43. The minimum absolute atomic E-state index is 0.0394. The molecule has 2 aromatic heterocycles. The Balaban J connectivity index is 1.50. The predicted octanol–water partition coefficient (Wildman–Crippen LogP) is 4.48. The van der Waals surface area contributed by atoms with Gasteiger partial charge in [-0.15, -0.1) is 0 Å². The van der Waals surface area contributed by atoms with Gasteiger partial charge in [-0.1, -0.05) is 26.8 Å². The molecule has 158 valence electrons. The molecule has 0 amide bonds. The van der Waals surface area contributed by atoms with Gasteiger partial charge >= 0.3 is 0 Å². The lowest BCUT2D eigenvalue weighted by Crippen LogP contribution is -2.46. The standard InChI is InChI=1S/C22H31F2N5/c1-22(2,3)19-12-20-26-17(11-18(21(23)24)29(20)27-19)15-7-6-10-28(13-15)14-16-8-4-5-9-25-16/h4-5,8-9,12,15,17-18,21,26H,6-7,10-11,13-14H2,1-3H3/t15-,17+,18-/m0/s1. The molecule has 1 saturated heterocycles. The number of piperidine rings is 1. The predicted molar refractivity (Wildman–Crippen MR) is 110 cm³/mol. The molecule has 0 bridgehead atoms. The molecule has 0 aliphatic carbocycles. The molecule has 0 radical (unpaired) electrons. The number of nitrogens with one attached hydrogen (secondary N) is 1. The summed E-state index contributed by atoms with van der Waals surface area (Å²) in [6.45, 7) is 8.94. The van der Waals surface area contributed by atoms with Crippen LogP contribution in [0.25, 0.3) is 0 Å². The van der Waals surface area contributed by atoms with Gasteiger partial charge in [-0.2, -0.15) is 5.10 Å². The number of likely N-dealkylation sites (tertiary alicyclic amines) is 1. The zero-order valence-electron chi connectivity index (χ0n) is 17.5. The van der Waals surface area contributed by atoms with Crippen LogP contribution in [0.1, 0.15) is 57.5 Å². The van der Waals surface area contributed by atoms with E-state index in [0.29, 0.717) is 12.3 Å². The number of hydrogen-bond acceptors (Lipinski definition) is 4. The molecule has 0 saturated carbocycles. The molecular weight excluding hydrogens is 372 g/mol. The highest BCUT2D eigenvalue weighted by Crippen LogP contribution is 2.38. The Morgan fingerprint density at radius 2 is 2.10 bits per heavy atom. The topological polar surface area (TPSA) is 46.0 Å². The number of aromatic nitrogens is 3. The van der Waals surface area contributed by atoms with E-state index in [1.165, 1.54) is 4.68 Å². The molecule has 0 unspecified atom stereocenters. The first-order chi connectivity index (χ1) is 13.8. The van der Waals surface area contributed by atoms with E-state index in [-0.39, 0.29) is 11.5 Å². The molecule has 5 nitrogen and oxygen atoms in total. The van der Waals surface area contributed by atoms with Crippen molar-refractivity contribution in [1.82, 2.24) is 19.7 Å². The Kier molecular flexibility index (Phi) is 5.60. The van der Waals surface area contributed by atoms with Crippen molar-refractivity contribution >= 4 is 5.82 Å². The third-order valence-corrected chi connectivity index (χ3v) is 6.16. The summed E-state index contributed by atoms with van der Waals surface area (Å²) in [6.07, 6.45) is 1.96. The van der Waals surface area contributed by atoms with Gasteiger partial charge in [0.05, 0.1) is 11.4 Å². The first kappa shape index (κ1) is 20.3. The van der Waals surface area contributed by atoms with Crippen molar-refractivity contribution in [2.45, 2.75) is 70.5 Å². The van der Waals surface area contributed by atoms with Crippen LogP contribution in [0.4, 0.5) is 14.6 Å². The maximum atomic E-state index is 13.9. The monoisotopic (exact) mass is 403 g/mol. The van der Waals surface area contributed by atoms with Gasteiger partial charge in [0, 0.05) is 36.8 Å². The molecule has 1 N–H and O–H groups in total. The number of pyridine rings is 1. The van der Waals surface area contributed by atoms with E-state index in [1.54, 1.807) is 0 Å². The van der Waals surface area contributed by atoms with Crippen LogP contribution in [0, 0.1) is 5.92 Å². The van der Waals surface area contributed by atoms with Gasteiger partial charge in [-0.05, 0) is 43.9 Å². The fourth-order valence-corrected chi connectivity index (χ4v) is 4.53. The maximum absolute atomic E-state index is 13.9. The smallest absolute Gasteiger partial charge is 0.260 e. The minimum atomic E-state index is -2.42. The number of nitrogens with zero attached hydrogens (tertiary/aromatic N) is 4. The van der Waals surface area contributed by atoms with E-state index in [0.717, 1.165) is 49.7 Å². The maximum Gasteiger partial charge on any atom is 0.260 e. The van der Waals surface area contributed by atoms with Crippen LogP contribution in [-0.2, 0) is 12.0 Å². The normalized spacial score (nSPS) is 25.7. The SMILES string of the molecule is CC(C)(C)c1cc2n(n1)[C@H](C(F)F)C[C@H]([C@H]1CCCN(Cc3ccccn3)C1)N2. The largest absolute Gasteiger partial charge is 0.367 e. The van der Waals surface area contributed by atoms with Gasteiger partial charge in [-0.25, -0.2) is 13.5 Å². The van der Waals surface area contributed by atoms with Crippen molar-refractivity contribution in [3.8, 4) is 0 Å². The summed E-state index contributed by atoms with van der Waals surface area (Å²) in [7, 11) is 0. The van der Waals surface area contributed by atoms with Gasteiger partial charge in [0.2, 0.25) is 0 Å². The summed E-state index contributed by atoms with van der Waals surface area (Å²) in [5.41, 5.74) is 1.74.